The van der Waals surface area contributed by atoms with Crippen molar-refractivity contribution < 1.29 is 17.9 Å². The molecule has 3 heterocycles. The standard InChI is InChI=1S/C20H27N5O4S/c1-24(2)19-11-14(22-20(23-19)16-5-4-8-21-16)13-25(3)30(26,27)15-6-7-17-18(12-15)29-10-9-28-17/h6-7,11-12,16,21H,4-5,8-10,13H2,1-3H3/t16-/m0/s1. The van der Waals surface area contributed by atoms with Crippen LogP contribution in [-0.4, -0.2) is 63.6 Å². The molecule has 1 N–H and O–H groups in total. The Kier molecular flexibility index (Phi) is 5.81. The Balaban J connectivity index is 1.60. The highest BCUT2D eigenvalue weighted by atomic mass is 32.2. The summed E-state index contributed by atoms with van der Waals surface area (Å²) in [4.78, 5) is 11.4. The largest absolute Gasteiger partial charge is 0.486 e. The van der Waals surface area contributed by atoms with E-state index in [9.17, 15) is 8.42 Å². The smallest absolute Gasteiger partial charge is 0.243 e. The molecule has 1 saturated heterocycles. The highest BCUT2D eigenvalue weighted by Crippen LogP contribution is 2.33. The molecular weight excluding hydrogens is 406 g/mol. The topological polar surface area (TPSA) is 96.9 Å². The molecule has 162 valence electrons. The number of fused-ring (bicyclic) bond motifs is 1. The quantitative estimate of drug-likeness (QED) is 0.733. The number of nitrogens with zero attached hydrogens (tertiary/aromatic N) is 4. The Morgan fingerprint density at radius 2 is 1.87 bits per heavy atom. The van der Waals surface area contributed by atoms with Crippen LogP contribution in [0.15, 0.2) is 29.2 Å². The van der Waals surface area contributed by atoms with E-state index in [2.05, 4.69) is 15.3 Å². The van der Waals surface area contributed by atoms with Crippen LogP contribution in [0.1, 0.15) is 30.4 Å². The van der Waals surface area contributed by atoms with Crippen molar-refractivity contribution >= 4 is 15.8 Å². The van der Waals surface area contributed by atoms with Gasteiger partial charge in [-0.25, -0.2) is 18.4 Å². The second-order valence-electron chi connectivity index (χ2n) is 7.69. The molecule has 0 spiro atoms. The van der Waals surface area contributed by atoms with Gasteiger partial charge in [-0.3, -0.25) is 0 Å². The SMILES string of the molecule is CN(C)c1cc(CN(C)S(=O)(=O)c2ccc3c(c2)OCCO3)nc([C@@H]2CCCN2)n1. The highest BCUT2D eigenvalue weighted by Gasteiger charge is 2.26. The minimum Gasteiger partial charge on any atom is -0.486 e. The summed E-state index contributed by atoms with van der Waals surface area (Å²) in [6.45, 7) is 1.94. The van der Waals surface area contributed by atoms with Gasteiger partial charge < -0.3 is 19.7 Å². The summed E-state index contributed by atoms with van der Waals surface area (Å²) < 4.78 is 38.6. The van der Waals surface area contributed by atoms with Gasteiger partial charge in [0.25, 0.3) is 0 Å². The Labute approximate surface area is 177 Å². The Morgan fingerprint density at radius 3 is 2.57 bits per heavy atom. The fraction of sp³-hybridized carbons (Fsp3) is 0.500. The van der Waals surface area contributed by atoms with Gasteiger partial charge in [-0.15, -0.1) is 0 Å². The molecule has 0 bridgehead atoms. The molecule has 9 nitrogen and oxygen atoms in total. The van der Waals surface area contributed by atoms with Crippen molar-refractivity contribution in [3.63, 3.8) is 0 Å². The molecular formula is C20H27N5O4S. The van der Waals surface area contributed by atoms with Crippen LogP contribution in [0.4, 0.5) is 5.82 Å². The van der Waals surface area contributed by atoms with E-state index in [-0.39, 0.29) is 17.5 Å². The van der Waals surface area contributed by atoms with Crippen molar-refractivity contribution in [1.82, 2.24) is 19.6 Å². The van der Waals surface area contributed by atoms with Gasteiger partial charge >= 0.3 is 0 Å². The van der Waals surface area contributed by atoms with Crippen molar-refractivity contribution in [3.8, 4) is 11.5 Å². The molecule has 0 unspecified atom stereocenters. The number of nitrogens with one attached hydrogen (secondary N) is 1. The molecule has 1 aromatic carbocycles. The molecule has 2 aliphatic rings. The molecule has 0 radical (unpaired) electrons. The Bertz CT molecular complexity index is 1020. The molecule has 30 heavy (non-hydrogen) atoms. The zero-order chi connectivity index (χ0) is 21.3. The second-order valence-corrected chi connectivity index (χ2v) is 9.73. The van der Waals surface area contributed by atoms with Crippen molar-refractivity contribution in [1.29, 1.82) is 0 Å². The normalized spacial score (nSPS) is 18.6. The van der Waals surface area contributed by atoms with E-state index in [1.165, 1.54) is 10.4 Å². The zero-order valence-electron chi connectivity index (χ0n) is 17.5. The molecule has 0 aliphatic carbocycles. The summed E-state index contributed by atoms with van der Waals surface area (Å²) in [6, 6.07) is 6.61. The third kappa shape index (κ3) is 4.21. The maximum Gasteiger partial charge on any atom is 0.243 e. The molecule has 1 fully saturated rings. The summed E-state index contributed by atoms with van der Waals surface area (Å²) in [5, 5.41) is 3.40. The number of hydrogen-bond acceptors (Lipinski definition) is 8. The third-order valence-corrected chi connectivity index (χ3v) is 7.02. The maximum absolute atomic E-state index is 13.1. The Morgan fingerprint density at radius 1 is 1.10 bits per heavy atom. The number of hydrogen-bond donors (Lipinski definition) is 1. The van der Waals surface area contributed by atoms with Crippen molar-refractivity contribution in [2.75, 3.05) is 45.8 Å². The summed E-state index contributed by atoms with van der Waals surface area (Å²) in [5.74, 6) is 2.47. The summed E-state index contributed by atoms with van der Waals surface area (Å²) in [6.07, 6.45) is 2.05. The van der Waals surface area contributed by atoms with Crippen LogP contribution < -0.4 is 19.7 Å². The van der Waals surface area contributed by atoms with E-state index >= 15 is 0 Å². The first-order chi connectivity index (χ1) is 14.3. The number of sulfonamides is 1. The molecule has 1 atom stereocenters. The van der Waals surface area contributed by atoms with Gasteiger partial charge in [0.05, 0.1) is 23.2 Å². The first-order valence-corrected chi connectivity index (χ1v) is 11.4. The minimum absolute atomic E-state index is 0.100. The molecule has 2 aromatic rings. The van der Waals surface area contributed by atoms with Crippen molar-refractivity contribution in [3.05, 3.63) is 35.8 Å². The molecule has 1 aromatic heterocycles. The lowest BCUT2D eigenvalue weighted by molar-refractivity contribution is 0.171. The minimum atomic E-state index is -3.73. The lowest BCUT2D eigenvalue weighted by Crippen LogP contribution is -2.28. The molecule has 0 amide bonds. The fourth-order valence-corrected chi connectivity index (χ4v) is 4.71. The number of anilines is 1. The maximum atomic E-state index is 13.1. The van der Waals surface area contributed by atoms with Crippen LogP contribution in [0.25, 0.3) is 0 Å². The summed E-state index contributed by atoms with van der Waals surface area (Å²) >= 11 is 0. The van der Waals surface area contributed by atoms with Gasteiger partial charge in [-0.2, -0.15) is 4.31 Å². The van der Waals surface area contributed by atoms with Crippen LogP contribution in [0.5, 0.6) is 11.5 Å². The van der Waals surface area contributed by atoms with Crippen LogP contribution >= 0.6 is 0 Å². The Hall–Kier alpha value is -2.43. The predicted octanol–water partition coefficient (Wildman–Crippen LogP) is 1.56. The van der Waals surface area contributed by atoms with Crippen molar-refractivity contribution in [2.45, 2.75) is 30.3 Å². The lowest BCUT2D eigenvalue weighted by atomic mass is 10.2. The number of aromatic nitrogens is 2. The van der Waals surface area contributed by atoms with Gasteiger partial charge in [0.2, 0.25) is 10.0 Å². The molecule has 10 heteroatoms. The van der Waals surface area contributed by atoms with Gasteiger partial charge in [0.1, 0.15) is 24.9 Å². The van der Waals surface area contributed by atoms with E-state index < -0.39 is 10.0 Å². The summed E-state index contributed by atoms with van der Waals surface area (Å²) in [7, 11) is 1.65. The number of ether oxygens (including phenoxy) is 2. The van der Waals surface area contributed by atoms with Crippen LogP contribution in [0.3, 0.4) is 0 Å². The molecule has 2 aliphatic heterocycles. The van der Waals surface area contributed by atoms with Crippen LogP contribution in [0, 0.1) is 0 Å². The van der Waals surface area contributed by atoms with Gasteiger partial charge in [-0.05, 0) is 31.5 Å². The lowest BCUT2D eigenvalue weighted by Gasteiger charge is -2.22. The highest BCUT2D eigenvalue weighted by molar-refractivity contribution is 7.89. The average Bonchev–Trinajstić information content (AvgIpc) is 3.28. The molecule has 4 rings (SSSR count). The number of benzene rings is 1. The average molecular weight is 434 g/mol. The van der Waals surface area contributed by atoms with Gasteiger partial charge in [0.15, 0.2) is 11.5 Å². The van der Waals surface area contributed by atoms with E-state index in [0.717, 1.165) is 25.2 Å². The predicted molar refractivity (Wildman–Crippen MR) is 112 cm³/mol. The van der Waals surface area contributed by atoms with E-state index in [1.807, 2.05) is 25.1 Å². The monoisotopic (exact) mass is 433 g/mol. The van der Waals surface area contributed by atoms with E-state index in [4.69, 9.17) is 9.47 Å². The van der Waals surface area contributed by atoms with E-state index in [0.29, 0.717) is 36.2 Å². The van der Waals surface area contributed by atoms with Gasteiger partial charge in [0, 0.05) is 33.3 Å². The zero-order valence-corrected chi connectivity index (χ0v) is 18.3. The second kappa shape index (κ2) is 8.37. The molecule has 0 saturated carbocycles. The van der Waals surface area contributed by atoms with Crippen LogP contribution in [-0.2, 0) is 16.6 Å². The van der Waals surface area contributed by atoms with Crippen molar-refractivity contribution in [2.24, 2.45) is 0 Å². The van der Waals surface area contributed by atoms with Crippen LogP contribution in [0.2, 0.25) is 0 Å². The number of rotatable bonds is 6. The first kappa shape index (κ1) is 20.8. The first-order valence-electron chi connectivity index (χ1n) is 9.99. The van der Waals surface area contributed by atoms with Gasteiger partial charge in [-0.1, -0.05) is 0 Å². The summed E-state index contributed by atoms with van der Waals surface area (Å²) in [5.41, 5.74) is 0.654. The van der Waals surface area contributed by atoms with E-state index in [1.54, 1.807) is 19.2 Å². The fourth-order valence-electron chi connectivity index (χ4n) is 3.55. The third-order valence-electron chi connectivity index (χ3n) is 5.22.